The molecule has 228 valence electrons. The maximum Gasteiger partial charge on any atom is 0.408 e. The summed E-state index contributed by atoms with van der Waals surface area (Å²) in [6.07, 6.45) is 1.45. The number of alkyl carbamates (subject to hydrolysis) is 1. The molecule has 0 radical (unpaired) electrons. The van der Waals surface area contributed by atoms with E-state index in [1.165, 1.54) is 6.92 Å². The van der Waals surface area contributed by atoms with E-state index in [0.717, 1.165) is 27.6 Å². The summed E-state index contributed by atoms with van der Waals surface area (Å²) >= 11 is 0. The van der Waals surface area contributed by atoms with Crippen molar-refractivity contribution in [2.45, 2.75) is 57.0 Å². The van der Waals surface area contributed by atoms with Gasteiger partial charge in [-0.1, -0.05) is 78.9 Å². The second kappa shape index (κ2) is 13.6. The molecule has 3 aromatic carbocycles. The molecule has 2 unspecified atom stereocenters. The number of fused-ring (bicyclic) bond motifs is 1. The number of aromatic nitrogens is 1. The van der Waals surface area contributed by atoms with Gasteiger partial charge in [-0.25, -0.2) is 4.79 Å². The van der Waals surface area contributed by atoms with Crippen molar-refractivity contribution in [3.05, 3.63) is 108 Å². The number of rotatable bonds is 13. The molecule has 0 aliphatic carbocycles. The van der Waals surface area contributed by atoms with Crippen molar-refractivity contribution in [3.8, 4) is 0 Å². The molecule has 1 fully saturated rings. The summed E-state index contributed by atoms with van der Waals surface area (Å²) in [4.78, 5) is 56.1. The molecule has 44 heavy (non-hydrogen) atoms. The third-order valence-corrected chi connectivity index (χ3v) is 7.69. The summed E-state index contributed by atoms with van der Waals surface area (Å²) in [6.45, 7) is 3.54. The standard InChI is InChI=1S/C34H36N4O6/c1-22(36-33(42)43-20-24-13-7-4-8-14-24)31(40)38-29(18-25-19-35-27-16-10-9-15-26(25)27)32(41)37-28(30(39)34(2)21-44-34)17-23-11-5-3-6-12-23/h3-16,19,22,28-29,35H,17-18,20-21H2,1-2H3,(H,36,42)(H,37,41)(H,38,40)/t22-,28?,29+,34?/m1/s1. The van der Waals surface area contributed by atoms with Crippen molar-refractivity contribution in [2.24, 2.45) is 0 Å². The SMILES string of the molecule is C[C@@H](NC(=O)OCc1ccccc1)C(=O)N[C@@H](Cc1c[nH]c2ccccc12)C(=O)NC(Cc1ccccc1)C(=O)C1(C)CO1. The lowest BCUT2D eigenvalue weighted by molar-refractivity contribution is -0.133. The first kappa shape index (κ1) is 30.5. The van der Waals surface area contributed by atoms with Crippen molar-refractivity contribution < 1.29 is 28.7 Å². The topological polar surface area (TPSA) is 142 Å². The molecule has 3 amide bonds. The fourth-order valence-electron chi connectivity index (χ4n) is 4.98. The molecule has 4 aromatic rings. The molecule has 5 rings (SSSR count). The Balaban J connectivity index is 1.31. The number of carbonyl (C=O) groups is 4. The molecule has 4 N–H and O–H groups in total. The summed E-state index contributed by atoms with van der Waals surface area (Å²) in [5.41, 5.74) is 2.42. The molecule has 0 saturated carbocycles. The summed E-state index contributed by atoms with van der Waals surface area (Å²) < 4.78 is 10.7. The van der Waals surface area contributed by atoms with Crippen LogP contribution in [0.4, 0.5) is 4.79 Å². The fourth-order valence-corrected chi connectivity index (χ4v) is 4.98. The molecule has 10 heteroatoms. The summed E-state index contributed by atoms with van der Waals surface area (Å²) in [6, 6.07) is 23.3. The molecular formula is C34H36N4O6. The van der Waals surface area contributed by atoms with E-state index in [2.05, 4.69) is 20.9 Å². The number of hydrogen-bond acceptors (Lipinski definition) is 6. The number of para-hydroxylation sites is 1. The molecule has 4 atom stereocenters. The molecule has 0 bridgehead atoms. The fraction of sp³-hybridized carbons (Fsp3) is 0.294. The predicted octanol–water partition coefficient (Wildman–Crippen LogP) is 3.60. The highest BCUT2D eigenvalue weighted by Gasteiger charge is 2.50. The maximum absolute atomic E-state index is 13.9. The number of benzene rings is 3. The van der Waals surface area contributed by atoms with E-state index < -0.39 is 41.6 Å². The van der Waals surface area contributed by atoms with E-state index in [9.17, 15) is 19.2 Å². The summed E-state index contributed by atoms with van der Waals surface area (Å²) in [5, 5.41) is 9.10. The highest BCUT2D eigenvalue weighted by atomic mass is 16.6. The van der Waals surface area contributed by atoms with Gasteiger partial charge in [0.1, 0.15) is 24.3 Å². The van der Waals surface area contributed by atoms with E-state index in [1.54, 1.807) is 13.1 Å². The zero-order valence-electron chi connectivity index (χ0n) is 24.7. The highest BCUT2D eigenvalue weighted by molar-refractivity contribution is 5.98. The molecule has 1 aliphatic heterocycles. The lowest BCUT2D eigenvalue weighted by Crippen LogP contribution is -2.57. The van der Waals surface area contributed by atoms with Gasteiger partial charge in [-0.3, -0.25) is 14.4 Å². The van der Waals surface area contributed by atoms with Crippen molar-refractivity contribution in [1.29, 1.82) is 0 Å². The van der Waals surface area contributed by atoms with Crippen molar-refractivity contribution >= 4 is 34.6 Å². The number of epoxide rings is 1. The number of nitrogens with one attached hydrogen (secondary N) is 4. The Hall–Kier alpha value is -4.96. The van der Waals surface area contributed by atoms with Crippen LogP contribution in [0, 0.1) is 0 Å². The van der Waals surface area contributed by atoms with Gasteiger partial charge in [0.25, 0.3) is 0 Å². The van der Waals surface area contributed by atoms with Gasteiger partial charge in [-0.15, -0.1) is 0 Å². The Bertz CT molecular complexity index is 1620. The number of carbonyl (C=O) groups excluding carboxylic acids is 4. The van der Waals surface area contributed by atoms with Crippen LogP contribution in [0.1, 0.15) is 30.5 Å². The van der Waals surface area contributed by atoms with E-state index in [0.29, 0.717) is 0 Å². The third kappa shape index (κ3) is 7.70. The van der Waals surface area contributed by atoms with Crippen LogP contribution in [0.2, 0.25) is 0 Å². The maximum atomic E-state index is 13.9. The van der Waals surface area contributed by atoms with Gasteiger partial charge < -0.3 is 30.4 Å². The Morgan fingerprint density at radius 1 is 0.818 bits per heavy atom. The van der Waals surface area contributed by atoms with E-state index in [4.69, 9.17) is 9.47 Å². The number of hydrogen-bond donors (Lipinski definition) is 4. The number of H-pyrrole nitrogens is 1. The second-order valence-electron chi connectivity index (χ2n) is 11.2. The molecular weight excluding hydrogens is 560 g/mol. The van der Waals surface area contributed by atoms with Gasteiger partial charge in [0, 0.05) is 23.5 Å². The van der Waals surface area contributed by atoms with Crippen LogP contribution < -0.4 is 16.0 Å². The lowest BCUT2D eigenvalue weighted by atomic mass is 9.94. The number of amides is 3. The quantitative estimate of drug-likeness (QED) is 0.174. The summed E-state index contributed by atoms with van der Waals surface area (Å²) in [7, 11) is 0. The van der Waals surface area contributed by atoms with Crippen LogP contribution in [0.5, 0.6) is 0 Å². The predicted molar refractivity (Wildman–Crippen MR) is 165 cm³/mol. The molecule has 2 heterocycles. The highest BCUT2D eigenvalue weighted by Crippen LogP contribution is 2.29. The Labute approximate surface area is 255 Å². The van der Waals surface area contributed by atoms with Crippen LogP contribution in [-0.4, -0.2) is 59.0 Å². The smallest absolute Gasteiger partial charge is 0.408 e. The van der Waals surface area contributed by atoms with Crippen molar-refractivity contribution in [2.75, 3.05) is 6.61 Å². The summed E-state index contributed by atoms with van der Waals surface area (Å²) in [5.74, 6) is -1.34. The van der Waals surface area contributed by atoms with Gasteiger partial charge in [0.2, 0.25) is 11.8 Å². The number of ketones is 1. The average Bonchev–Trinajstić information content (AvgIpc) is 3.67. The largest absolute Gasteiger partial charge is 0.445 e. The first-order valence-corrected chi connectivity index (χ1v) is 14.6. The van der Waals surface area contributed by atoms with Gasteiger partial charge in [0.15, 0.2) is 5.78 Å². The van der Waals surface area contributed by atoms with Crippen LogP contribution in [-0.2, 0) is 43.3 Å². The van der Waals surface area contributed by atoms with Crippen LogP contribution in [0.25, 0.3) is 10.9 Å². The van der Waals surface area contributed by atoms with Gasteiger partial charge in [0.05, 0.1) is 12.6 Å². The van der Waals surface area contributed by atoms with Gasteiger partial charge >= 0.3 is 6.09 Å². The first-order chi connectivity index (χ1) is 21.2. The lowest BCUT2D eigenvalue weighted by Gasteiger charge is -2.25. The van der Waals surface area contributed by atoms with E-state index >= 15 is 0 Å². The first-order valence-electron chi connectivity index (χ1n) is 14.6. The third-order valence-electron chi connectivity index (χ3n) is 7.69. The number of Topliss-reactive ketones (excluding diaryl/α,β-unsaturated/α-hetero) is 1. The zero-order valence-corrected chi connectivity index (χ0v) is 24.7. The van der Waals surface area contributed by atoms with E-state index in [-0.39, 0.29) is 31.8 Å². The Morgan fingerprint density at radius 2 is 1.43 bits per heavy atom. The molecule has 1 aromatic heterocycles. The minimum absolute atomic E-state index is 0.0477. The van der Waals surface area contributed by atoms with E-state index in [1.807, 2.05) is 84.9 Å². The number of aromatic amines is 1. The minimum atomic E-state index is -1.05. The Morgan fingerprint density at radius 3 is 2.11 bits per heavy atom. The van der Waals surface area contributed by atoms with Crippen LogP contribution in [0.3, 0.4) is 0 Å². The molecule has 1 saturated heterocycles. The van der Waals surface area contributed by atoms with Crippen LogP contribution in [0.15, 0.2) is 91.1 Å². The second-order valence-corrected chi connectivity index (χ2v) is 11.2. The molecule has 1 aliphatic rings. The minimum Gasteiger partial charge on any atom is -0.445 e. The van der Waals surface area contributed by atoms with Crippen LogP contribution >= 0.6 is 0 Å². The zero-order chi connectivity index (χ0) is 31.1. The normalized spacial score (nSPS) is 17.6. The van der Waals surface area contributed by atoms with Gasteiger partial charge in [-0.05, 0) is 43.0 Å². The number of ether oxygens (including phenoxy) is 2. The van der Waals surface area contributed by atoms with Crippen molar-refractivity contribution in [3.63, 3.8) is 0 Å². The monoisotopic (exact) mass is 596 g/mol. The Kier molecular flexibility index (Phi) is 9.40. The van der Waals surface area contributed by atoms with Crippen molar-refractivity contribution in [1.82, 2.24) is 20.9 Å². The van der Waals surface area contributed by atoms with Gasteiger partial charge in [-0.2, -0.15) is 0 Å². The molecule has 0 spiro atoms. The average molecular weight is 597 g/mol. The molecule has 10 nitrogen and oxygen atoms in total.